The number of pyridine rings is 1. The zero-order chi connectivity index (χ0) is 17.8. The van der Waals surface area contributed by atoms with Gasteiger partial charge < -0.3 is 4.90 Å². The molecule has 0 aliphatic heterocycles. The van der Waals surface area contributed by atoms with Gasteiger partial charge in [-0.15, -0.1) is 0 Å². The highest BCUT2D eigenvalue weighted by molar-refractivity contribution is 6.06. The summed E-state index contributed by atoms with van der Waals surface area (Å²) in [6.45, 7) is 1.87. The Morgan fingerprint density at radius 3 is 2.56 bits per heavy atom. The number of hydrogen-bond donors (Lipinski definition) is 1. The van der Waals surface area contributed by atoms with Crippen molar-refractivity contribution in [2.75, 3.05) is 19.0 Å². The lowest BCUT2D eigenvalue weighted by atomic mass is 10.1. The number of para-hydroxylation sites is 1. The van der Waals surface area contributed by atoms with Crippen molar-refractivity contribution in [3.8, 4) is 0 Å². The third-order valence-electron chi connectivity index (χ3n) is 3.88. The van der Waals surface area contributed by atoms with E-state index in [9.17, 15) is 4.79 Å². The number of nitrogens with zero attached hydrogens (tertiary/aromatic N) is 3. The molecule has 0 saturated heterocycles. The van der Waals surface area contributed by atoms with E-state index in [4.69, 9.17) is 0 Å². The van der Waals surface area contributed by atoms with E-state index >= 15 is 0 Å². The van der Waals surface area contributed by atoms with Crippen LogP contribution in [0.5, 0.6) is 0 Å². The molecular weight excluding hydrogens is 312 g/mol. The summed E-state index contributed by atoms with van der Waals surface area (Å²) in [6, 6.07) is 17.3. The van der Waals surface area contributed by atoms with E-state index in [1.165, 1.54) is 0 Å². The number of rotatable bonds is 4. The number of amides is 1. The van der Waals surface area contributed by atoms with Crippen molar-refractivity contribution in [1.82, 2.24) is 10.4 Å². The molecule has 2 aromatic carbocycles. The molecule has 5 heteroatoms. The summed E-state index contributed by atoms with van der Waals surface area (Å²) in [5, 5.41) is 4.89. The van der Waals surface area contributed by atoms with Gasteiger partial charge in [-0.1, -0.05) is 30.3 Å². The predicted octanol–water partition coefficient (Wildman–Crippen LogP) is 3.37. The van der Waals surface area contributed by atoms with Crippen LogP contribution >= 0.6 is 0 Å². The summed E-state index contributed by atoms with van der Waals surface area (Å²) in [7, 11) is 3.98. The lowest BCUT2D eigenvalue weighted by molar-refractivity contribution is 0.0956. The summed E-state index contributed by atoms with van der Waals surface area (Å²) >= 11 is 0. The van der Waals surface area contributed by atoms with E-state index in [-0.39, 0.29) is 5.91 Å². The normalized spacial score (nSPS) is 11.0. The SMILES string of the molecule is Cc1cc(C(=O)N/N=C\c2ccc(N(C)C)cc2)c2ccccc2n1. The number of aryl methyl sites for hydroxylation is 1. The highest BCUT2D eigenvalue weighted by Gasteiger charge is 2.10. The molecule has 0 aliphatic carbocycles. The van der Waals surface area contributed by atoms with Crippen molar-refractivity contribution in [3.05, 3.63) is 71.4 Å². The minimum atomic E-state index is -0.247. The minimum Gasteiger partial charge on any atom is -0.378 e. The van der Waals surface area contributed by atoms with Crippen molar-refractivity contribution in [3.63, 3.8) is 0 Å². The number of hydrazone groups is 1. The first-order valence-electron chi connectivity index (χ1n) is 8.02. The zero-order valence-electron chi connectivity index (χ0n) is 14.5. The summed E-state index contributed by atoms with van der Waals surface area (Å²) in [6.07, 6.45) is 1.63. The van der Waals surface area contributed by atoms with Gasteiger partial charge in [0, 0.05) is 30.9 Å². The molecule has 3 aromatic rings. The van der Waals surface area contributed by atoms with E-state index in [1.54, 1.807) is 12.3 Å². The summed E-state index contributed by atoms with van der Waals surface area (Å²) in [5.41, 5.74) is 6.80. The fourth-order valence-electron chi connectivity index (χ4n) is 2.58. The molecule has 1 heterocycles. The smallest absolute Gasteiger partial charge is 0.272 e. The molecule has 0 radical (unpaired) electrons. The third-order valence-corrected chi connectivity index (χ3v) is 3.88. The number of anilines is 1. The van der Waals surface area contributed by atoms with Crippen LogP contribution in [0.2, 0.25) is 0 Å². The minimum absolute atomic E-state index is 0.247. The molecule has 0 bridgehead atoms. The first-order chi connectivity index (χ1) is 12.0. The average Bonchev–Trinajstić information content (AvgIpc) is 2.61. The van der Waals surface area contributed by atoms with Crippen LogP contribution in [-0.2, 0) is 0 Å². The highest BCUT2D eigenvalue weighted by atomic mass is 16.2. The molecule has 0 atom stereocenters. The van der Waals surface area contributed by atoms with E-state index < -0.39 is 0 Å². The van der Waals surface area contributed by atoms with Gasteiger partial charge in [0.15, 0.2) is 0 Å². The fourth-order valence-corrected chi connectivity index (χ4v) is 2.58. The first kappa shape index (κ1) is 16.6. The van der Waals surface area contributed by atoms with Gasteiger partial charge in [-0.2, -0.15) is 5.10 Å². The molecule has 0 aliphatic rings. The molecule has 1 aromatic heterocycles. The molecule has 1 amide bonds. The van der Waals surface area contributed by atoms with Gasteiger partial charge in [-0.25, -0.2) is 5.43 Å². The Bertz CT molecular complexity index is 930. The standard InChI is InChI=1S/C20H20N4O/c1-14-12-18(17-6-4-5-7-19(17)22-14)20(25)23-21-13-15-8-10-16(11-9-15)24(2)3/h4-13H,1-3H3,(H,23,25)/b21-13-. The number of carbonyl (C=O) groups is 1. The number of nitrogens with one attached hydrogen (secondary N) is 1. The van der Waals surface area contributed by atoms with Crippen LogP contribution in [0.25, 0.3) is 10.9 Å². The average molecular weight is 332 g/mol. The molecule has 3 rings (SSSR count). The maximum Gasteiger partial charge on any atom is 0.272 e. The molecule has 0 unspecified atom stereocenters. The van der Waals surface area contributed by atoms with Gasteiger partial charge >= 0.3 is 0 Å². The Labute approximate surface area is 147 Å². The van der Waals surface area contributed by atoms with Crippen LogP contribution in [-0.4, -0.2) is 31.2 Å². The Morgan fingerprint density at radius 2 is 1.84 bits per heavy atom. The Morgan fingerprint density at radius 1 is 1.12 bits per heavy atom. The number of carbonyl (C=O) groups excluding carboxylic acids is 1. The lowest BCUT2D eigenvalue weighted by Gasteiger charge is -2.11. The number of hydrogen-bond acceptors (Lipinski definition) is 4. The Balaban J connectivity index is 1.76. The van der Waals surface area contributed by atoms with Crippen LogP contribution in [0.3, 0.4) is 0 Å². The fraction of sp³-hybridized carbons (Fsp3) is 0.150. The van der Waals surface area contributed by atoms with Crippen LogP contribution in [0, 0.1) is 6.92 Å². The van der Waals surface area contributed by atoms with Gasteiger partial charge in [0.05, 0.1) is 17.3 Å². The van der Waals surface area contributed by atoms with Crippen LogP contribution in [0.4, 0.5) is 5.69 Å². The quantitative estimate of drug-likeness (QED) is 0.589. The van der Waals surface area contributed by atoms with Crippen molar-refractivity contribution in [2.45, 2.75) is 6.92 Å². The topological polar surface area (TPSA) is 57.6 Å². The Kier molecular flexibility index (Phi) is 4.75. The summed E-state index contributed by atoms with van der Waals surface area (Å²) in [5.74, 6) is -0.247. The van der Waals surface area contributed by atoms with E-state index in [0.29, 0.717) is 5.56 Å². The van der Waals surface area contributed by atoms with E-state index in [1.807, 2.05) is 74.4 Å². The molecule has 0 spiro atoms. The van der Waals surface area contributed by atoms with Crippen LogP contribution in [0.1, 0.15) is 21.6 Å². The van der Waals surface area contributed by atoms with Gasteiger partial charge in [0.1, 0.15) is 0 Å². The second kappa shape index (κ2) is 7.13. The second-order valence-corrected chi connectivity index (χ2v) is 6.01. The van der Waals surface area contributed by atoms with Gasteiger partial charge in [0.2, 0.25) is 0 Å². The lowest BCUT2D eigenvalue weighted by Crippen LogP contribution is -2.18. The Hall–Kier alpha value is -3.21. The molecule has 1 N–H and O–H groups in total. The largest absolute Gasteiger partial charge is 0.378 e. The molecule has 25 heavy (non-hydrogen) atoms. The molecule has 0 fully saturated rings. The predicted molar refractivity (Wildman–Crippen MR) is 102 cm³/mol. The summed E-state index contributed by atoms with van der Waals surface area (Å²) in [4.78, 5) is 19.0. The number of benzene rings is 2. The highest BCUT2D eigenvalue weighted by Crippen LogP contribution is 2.18. The zero-order valence-corrected chi connectivity index (χ0v) is 14.5. The first-order valence-corrected chi connectivity index (χ1v) is 8.02. The van der Waals surface area contributed by atoms with Crippen molar-refractivity contribution in [2.24, 2.45) is 5.10 Å². The van der Waals surface area contributed by atoms with Crippen molar-refractivity contribution >= 4 is 28.7 Å². The number of fused-ring (bicyclic) bond motifs is 1. The van der Waals surface area contributed by atoms with Crippen molar-refractivity contribution in [1.29, 1.82) is 0 Å². The maximum absolute atomic E-state index is 12.5. The monoisotopic (exact) mass is 332 g/mol. The van der Waals surface area contributed by atoms with Gasteiger partial charge in [-0.3, -0.25) is 9.78 Å². The molecule has 126 valence electrons. The molecular formula is C20H20N4O. The van der Waals surface area contributed by atoms with Crippen molar-refractivity contribution < 1.29 is 4.79 Å². The number of aromatic nitrogens is 1. The summed E-state index contributed by atoms with van der Waals surface area (Å²) < 4.78 is 0. The van der Waals surface area contributed by atoms with Gasteiger partial charge in [-0.05, 0) is 36.8 Å². The van der Waals surface area contributed by atoms with E-state index in [0.717, 1.165) is 27.8 Å². The third kappa shape index (κ3) is 3.83. The van der Waals surface area contributed by atoms with E-state index in [2.05, 4.69) is 15.5 Å². The molecule has 0 saturated carbocycles. The van der Waals surface area contributed by atoms with Crippen LogP contribution in [0.15, 0.2) is 59.7 Å². The van der Waals surface area contributed by atoms with Gasteiger partial charge in [0.25, 0.3) is 5.91 Å². The van der Waals surface area contributed by atoms with Crippen LogP contribution < -0.4 is 10.3 Å². The molecule has 5 nitrogen and oxygen atoms in total. The second-order valence-electron chi connectivity index (χ2n) is 6.01. The maximum atomic E-state index is 12.5.